The zero-order valence-electron chi connectivity index (χ0n) is 21.8. The molecule has 0 saturated carbocycles. The predicted octanol–water partition coefficient (Wildman–Crippen LogP) is 5.06. The second-order valence-corrected chi connectivity index (χ2v) is 10.8. The van der Waals surface area contributed by atoms with Crippen molar-refractivity contribution in [3.8, 4) is 0 Å². The fourth-order valence-corrected chi connectivity index (χ4v) is 5.84. The highest BCUT2D eigenvalue weighted by Gasteiger charge is 2.26. The molecule has 2 aromatic heterocycles. The molecule has 0 unspecified atom stereocenters. The summed E-state index contributed by atoms with van der Waals surface area (Å²) in [6.45, 7) is 3.07. The Morgan fingerprint density at radius 1 is 1.13 bits per heavy atom. The van der Waals surface area contributed by atoms with Crippen LogP contribution in [0.15, 0.2) is 79.1 Å². The summed E-state index contributed by atoms with van der Waals surface area (Å²) in [6, 6.07) is 20.5. The van der Waals surface area contributed by atoms with Crippen LogP contribution >= 0.6 is 11.3 Å². The smallest absolute Gasteiger partial charge is 0.246 e. The number of thiophene rings is 1. The Morgan fingerprint density at radius 2 is 1.89 bits per heavy atom. The number of rotatable bonds is 10. The van der Waals surface area contributed by atoms with Crippen molar-refractivity contribution in [3.63, 3.8) is 0 Å². The molecule has 1 aliphatic rings. The quantitative estimate of drug-likeness (QED) is 0.291. The van der Waals surface area contributed by atoms with Crippen molar-refractivity contribution in [2.24, 2.45) is 0 Å². The van der Waals surface area contributed by atoms with Crippen molar-refractivity contribution in [1.29, 1.82) is 0 Å². The minimum atomic E-state index is -0.0722. The predicted molar refractivity (Wildman–Crippen MR) is 153 cm³/mol. The van der Waals surface area contributed by atoms with Gasteiger partial charge in [-0.2, -0.15) is 0 Å². The molecule has 38 heavy (non-hydrogen) atoms. The molecule has 0 bridgehead atoms. The summed E-state index contributed by atoms with van der Waals surface area (Å²) in [5.74, 6) is 0.870. The largest absolute Gasteiger partial charge is 0.374 e. The van der Waals surface area contributed by atoms with E-state index < -0.39 is 0 Å². The Morgan fingerprint density at radius 3 is 2.66 bits per heavy atom. The van der Waals surface area contributed by atoms with Crippen molar-refractivity contribution >= 4 is 33.3 Å². The van der Waals surface area contributed by atoms with Crippen LogP contribution in [0.2, 0.25) is 0 Å². The maximum absolute atomic E-state index is 12.7. The van der Waals surface area contributed by atoms with Crippen LogP contribution in [0.1, 0.15) is 27.6 Å². The summed E-state index contributed by atoms with van der Waals surface area (Å²) in [5.41, 5.74) is 3.52. The number of carbonyl (C=O) groups is 1. The van der Waals surface area contributed by atoms with Gasteiger partial charge in [0.05, 0.1) is 31.2 Å². The first-order chi connectivity index (χ1) is 18.6. The van der Waals surface area contributed by atoms with E-state index in [9.17, 15) is 4.79 Å². The average Bonchev–Trinajstić information content (AvgIpc) is 3.32. The lowest BCUT2D eigenvalue weighted by atomic mass is 10.0. The molecule has 0 saturated heterocycles. The van der Waals surface area contributed by atoms with E-state index in [1.807, 2.05) is 66.4 Å². The van der Waals surface area contributed by atoms with Crippen molar-refractivity contribution in [3.05, 3.63) is 101 Å². The number of ether oxygens (including phenoxy) is 1. The maximum Gasteiger partial charge on any atom is 0.246 e. The number of hydrogen-bond donors (Lipinski definition) is 1. The number of aromatic nitrogens is 2. The number of benzene rings is 2. The zero-order chi connectivity index (χ0) is 26.3. The molecular formula is C30H33N5O2S. The third kappa shape index (κ3) is 6.27. The third-order valence-corrected chi connectivity index (χ3v) is 7.71. The van der Waals surface area contributed by atoms with E-state index in [2.05, 4.69) is 39.6 Å². The molecule has 0 radical (unpaired) electrons. The summed E-state index contributed by atoms with van der Waals surface area (Å²) in [4.78, 5) is 28.1. The lowest BCUT2D eigenvalue weighted by molar-refractivity contribution is -0.126. The van der Waals surface area contributed by atoms with Gasteiger partial charge >= 0.3 is 0 Å². The van der Waals surface area contributed by atoms with Gasteiger partial charge in [-0.25, -0.2) is 9.97 Å². The van der Waals surface area contributed by atoms with Crippen LogP contribution in [-0.4, -0.2) is 59.5 Å². The highest BCUT2D eigenvalue weighted by Crippen LogP contribution is 2.38. The number of amides is 1. The number of fused-ring (bicyclic) bond motifs is 3. The van der Waals surface area contributed by atoms with Crippen molar-refractivity contribution < 1.29 is 9.53 Å². The lowest BCUT2D eigenvalue weighted by Crippen LogP contribution is -2.34. The van der Waals surface area contributed by atoms with Crippen molar-refractivity contribution in [1.82, 2.24) is 19.8 Å². The molecule has 1 N–H and O–H groups in total. The van der Waals surface area contributed by atoms with E-state index in [1.165, 1.54) is 10.4 Å². The van der Waals surface area contributed by atoms with Gasteiger partial charge in [0.25, 0.3) is 0 Å². The van der Waals surface area contributed by atoms with Gasteiger partial charge in [-0.1, -0.05) is 66.7 Å². The van der Waals surface area contributed by atoms with E-state index in [0.29, 0.717) is 26.3 Å². The van der Waals surface area contributed by atoms with Crippen LogP contribution in [0.5, 0.6) is 0 Å². The van der Waals surface area contributed by atoms with Crippen LogP contribution < -0.4 is 5.32 Å². The summed E-state index contributed by atoms with van der Waals surface area (Å²) in [7, 11) is 3.98. The average molecular weight is 528 g/mol. The minimum absolute atomic E-state index is 0.0547. The number of nitrogens with zero attached hydrogens (tertiary/aromatic N) is 4. The molecule has 196 valence electrons. The molecule has 4 aromatic rings. The highest BCUT2D eigenvalue weighted by molar-refractivity contribution is 7.19. The van der Waals surface area contributed by atoms with Crippen molar-refractivity contribution in [2.75, 3.05) is 39.1 Å². The minimum Gasteiger partial charge on any atom is -0.374 e. The molecule has 1 aliphatic heterocycles. The lowest BCUT2D eigenvalue weighted by Gasteiger charge is -2.26. The number of likely N-dealkylation sites (N-methyl/N-ethyl adjacent to an activating group) is 1. The van der Waals surface area contributed by atoms with Gasteiger partial charge in [-0.05, 0) is 37.2 Å². The van der Waals surface area contributed by atoms with Crippen molar-refractivity contribution in [2.45, 2.75) is 25.6 Å². The first kappa shape index (κ1) is 26.0. The van der Waals surface area contributed by atoms with Gasteiger partial charge in [0.1, 0.15) is 17.0 Å². The summed E-state index contributed by atoms with van der Waals surface area (Å²) < 4.78 is 6.15. The van der Waals surface area contributed by atoms with Crippen LogP contribution in [0.25, 0.3) is 10.2 Å². The normalized spacial score (nSPS) is 14.2. The Hall–Kier alpha value is -3.59. The van der Waals surface area contributed by atoms with Gasteiger partial charge in [0, 0.05) is 24.0 Å². The van der Waals surface area contributed by atoms with Gasteiger partial charge in [0.2, 0.25) is 5.91 Å². The first-order valence-corrected chi connectivity index (χ1v) is 13.7. The highest BCUT2D eigenvalue weighted by atomic mass is 32.1. The van der Waals surface area contributed by atoms with E-state index in [4.69, 9.17) is 4.74 Å². The molecule has 1 amide bonds. The molecule has 2 aromatic carbocycles. The van der Waals surface area contributed by atoms with Crippen LogP contribution in [-0.2, 0) is 29.1 Å². The zero-order valence-corrected chi connectivity index (χ0v) is 22.7. The fraction of sp³-hybridized carbons (Fsp3) is 0.300. The van der Waals surface area contributed by atoms with E-state index in [0.717, 1.165) is 40.1 Å². The van der Waals surface area contributed by atoms with Crippen LogP contribution in [0.3, 0.4) is 0 Å². The number of hydrogen-bond acceptors (Lipinski definition) is 7. The molecule has 0 fully saturated rings. The molecule has 7 nitrogen and oxygen atoms in total. The Kier molecular flexibility index (Phi) is 8.43. The summed E-state index contributed by atoms with van der Waals surface area (Å²) in [6.07, 6.45) is 6.00. The fourth-order valence-electron chi connectivity index (χ4n) is 4.64. The molecule has 0 aliphatic carbocycles. The maximum atomic E-state index is 12.7. The molecule has 0 spiro atoms. The number of carbonyl (C=O) groups excluding carboxylic acids is 1. The summed E-state index contributed by atoms with van der Waals surface area (Å²) >= 11 is 1.65. The van der Waals surface area contributed by atoms with Crippen LogP contribution in [0.4, 0.5) is 5.82 Å². The van der Waals surface area contributed by atoms with Gasteiger partial charge in [0.15, 0.2) is 0 Å². The van der Waals surface area contributed by atoms with Gasteiger partial charge in [-0.3, -0.25) is 4.79 Å². The van der Waals surface area contributed by atoms with Gasteiger partial charge in [-0.15, -0.1) is 11.3 Å². The van der Waals surface area contributed by atoms with Gasteiger partial charge < -0.3 is 19.9 Å². The van der Waals surface area contributed by atoms with E-state index in [-0.39, 0.29) is 11.9 Å². The molecule has 3 heterocycles. The van der Waals surface area contributed by atoms with E-state index >= 15 is 0 Å². The monoisotopic (exact) mass is 527 g/mol. The summed E-state index contributed by atoms with van der Waals surface area (Å²) in [5, 5.41) is 4.73. The standard InChI is InChI=1S/C30H33N5O2S/c1-34(2)16-9-14-27(36)35-17-15-24-26(18-35)38-30-28(24)29(31-21-32-30)33-25(23-12-7-4-8-13-23)20-37-19-22-10-5-3-6-11-22/h3-14,21,25H,15-20H2,1-2H3,(H,31,32,33)/b14-9+/t25-/m1/s1. The van der Waals surface area contributed by atoms with E-state index in [1.54, 1.807) is 23.7 Å². The Labute approximate surface area is 227 Å². The Bertz CT molecular complexity index is 1390. The first-order valence-electron chi connectivity index (χ1n) is 12.9. The second-order valence-electron chi connectivity index (χ2n) is 9.69. The molecule has 5 rings (SSSR count). The topological polar surface area (TPSA) is 70.6 Å². The van der Waals surface area contributed by atoms with Crippen LogP contribution in [0, 0.1) is 0 Å². The second kappa shape index (κ2) is 12.3. The number of nitrogens with one attached hydrogen (secondary N) is 1. The third-order valence-electron chi connectivity index (χ3n) is 6.59. The molecule has 8 heteroatoms. The SMILES string of the molecule is CN(C)C/C=C/C(=O)N1CCc2c(sc3ncnc(N[C@H](COCc4ccccc4)c4ccccc4)c23)C1. The Balaban J connectivity index is 1.35. The molecular weight excluding hydrogens is 494 g/mol. The molecule has 1 atom stereocenters. The number of anilines is 1.